The number of hydrogen-bond acceptors (Lipinski definition) is 5. The molecule has 40 heavy (non-hydrogen) atoms. The average Bonchev–Trinajstić information content (AvgIpc) is 2.93. The molecule has 218 valence electrons. The molecule has 0 aromatic heterocycles. The molecule has 2 aliphatic rings. The second-order valence-electron chi connectivity index (χ2n) is 11.7. The van der Waals surface area contributed by atoms with Gasteiger partial charge in [-0.1, -0.05) is 56.2 Å². The van der Waals surface area contributed by atoms with Crippen molar-refractivity contribution in [3.8, 4) is 5.75 Å². The number of rotatable bonds is 6. The number of piperidine rings is 1. The lowest BCUT2D eigenvalue weighted by molar-refractivity contribution is -0.141. The van der Waals surface area contributed by atoms with Crippen molar-refractivity contribution < 1.29 is 22.7 Å². The van der Waals surface area contributed by atoms with Crippen LogP contribution in [-0.2, 0) is 26.0 Å². The van der Waals surface area contributed by atoms with Gasteiger partial charge in [0, 0.05) is 13.1 Å². The number of ether oxygens (including phenoxy) is 1. The summed E-state index contributed by atoms with van der Waals surface area (Å²) >= 11 is 0. The van der Waals surface area contributed by atoms with Gasteiger partial charge in [-0.25, -0.2) is 13.1 Å². The molecule has 0 unspecified atom stereocenters. The summed E-state index contributed by atoms with van der Waals surface area (Å²) in [5, 5.41) is 3.31. The maximum atomic E-state index is 13.8. The summed E-state index contributed by atoms with van der Waals surface area (Å²) < 4.78 is 33.9. The number of aryl methyl sites for hydroxylation is 2. The number of sulfonamides is 1. The van der Waals surface area contributed by atoms with Crippen LogP contribution in [0.5, 0.6) is 5.75 Å². The summed E-state index contributed by atoms with van der Waals surface area (Å²) in [5.41, 5.74) is 1.60. The Kier molecular flexibility index (Phi) is 9.90. The first kappa shape index (κ1) is 30.1. The van der Waals surface area contributed by atoms with E-state index >= 15 is 0 Å². The summed E-state index contributed by atoms with van der Waals surface area (Å²) in [5.74, 6) is 1.06. The number of hydrogen-bond donors (Lipinski definition) is 2. The molecule has 2 amide bonds. The fourth-order valence-corrected chi connectivity index (χ4v) is 6.72. The maximum absolute atomic E-state index is 13.8. The molecule has 0 aliphatic carbocycles. The monoisotopic (exact) mass is 569 g/mol. The van der Waals surface area contributed by atoms with Crippen LogP contribution >= 0.6 is 0 Å². The summed E-state index contributed by atoms with van der Waals surface area (Å²) in [6.07, 6.45) is 5.44. The lowest BCUT2D eigenvalue weighted by Crippen LogP contribution is -2.54. The highest BCUT2D eigenvalue weighted by Gasteiger charge is 2.42. The quantitative estimate of drug-likeness (QED) is 0.542. The van der Waals surface area contributed by atoms with Crippen molar-refractivity contribution in [3.05, 3.63) is 59.7 Å². The number of para-hydroxylation sites is 1. The average molecular weight is 570 g/mol. The first-order chi connectivity index (χ1) is 19.1. The van der Waals surface area contributed by atoms with Crippen LogP contribution < -0.4 is 14.8 Å². The molecule has 2 N–H and O–H groups in total. The molecule has 1 saturated heterocycles. The van der Waals surface area contributed by atoms with E-state index in [9.17, 15) is 18.0 Å². The van der Waals surface area contributed by atoms with E-state index in [0.29, 0.717) is 38.5 Å². The molecular formula is C31H43N3O5S. The minimum absolute atomic E-state index is 0.0442. The van der Waals surface area contributed by atoms with E-state index in [-0.39, 0.29) is 29.3 Å². The van der Waals surface area contributed by atoms with E-state index in [0.717, 1.165) is 43.4 Å². The molecule has 0 bridgehead atoms. The van der Waals surface area contributed by atoms with E-state index in [1.54, 1.807) is 17.0 Å². The zero-order valence-corrected chi connectivity index (χ0v) is 24.8. The summed E-state index contributed by atoms with van der Waals surface area (Å²) in [6.45, 7) is 7.13. The second kappa shape index (κ2) is 13.2. The van der Waals surface area contributed by atoms with E-state index in [4.69, 9.17) is 4.74 Å². The van der Waals surface area contributed by atoms with Crippen molar-refractivity contribution in [1.29, 1.82) is 0 Å². The van der Waals surface area contributed by atoms with E-state index in [2.05, 4.69) is 30.0 Å². The Bertz CT molecular complexity index is 1270. The summed E-state index contributed by atoms with van der Waals surface area (Å²) in [4.78, 5) is 28.6. The number of amides is 2. The van der Waals surface area contributed by atoms with Crippen LogP contribution in [0, 0.1) is 18.3 Å². The van der Waals surface area contributed by atoms with Crippen molar-refractivity contribution in [2.75, 3.05) is 26.2 Å². The molecule has 1 spiro atoms. The van der Waals surface area contributed by atoms with Crippen molar-refractivity contribution in [2.24, 2.45) is 11.3 Å². The van der Waals surface area contributed by atoms with Gasteiger partial charge in [0.25, 0.3) is 0 Å². The number of carbonyl (C=O) groups excluding carboxylic acids is 2. The normalized spacial score (nSPS) is 20.1. The third kappa shape index (κ3) is 7.63. The highest BCUT2D eigenvalue weighted by molar-refractivity contribution is 7.89. The first-order valence-corrected chi connectivity index (χ1v) is 15.9. The van der Waals surface area contributed by atoms with Gasteiger partial charge in [0.15, 0.2) is 0 Å². The fourth-order valence-electron chi connectivity index (χ4n) is 5.74. The topological polar surface area (TPSA) is 105 Å². The predicted octanol–water partition coefficient (Wildman–Crippen LogP) is 4.22. The van der Waals surface area contributed by atoms with Gasteiger partial charge in [0.05, 0.1) is 22.9 Å². The minimum Gasteiger partial charge on any atom is -0.491 e. The lowest BCUT2D eigenvalue weighted by atomic mass is 9.73. The highest BCUT2D eigenvalue weighted by atomic mass is 32.2. The number of fused-ring (bicyclic) bond motifs is 1. The van der Waals surface area contributed by atoms with Gasteiger partial charge in [0.2, 0.25) is 21.8 Å². The summed E-state index contributed by atoms with van der Waals surface area (Å²) in [6, 6.07) is 14.6. The second-order valence-corrected chi connectivity index (χ2v) is 13.5. The molecule has 0 radical (unpaired) electrons. The maximum Gasteiger partial charge on any atom is 0.241 e. The molecule has 1 fully saturated rings. The van der Waals surface area contributed by atoms with Crippen molar-refractivity contribution >= 4 is 21.8 Å². The molecule has 2 aromatic rings. The third-order valence-corrected chi connectivity index (χ3v) is 9.57. The smallest absolute Gasteiger partial charge is 0.241 e. The Labute approximate surface area is 238 Å². The third-order valence-electron chi connectivity index (χ3n) is 8.15. The largest absolute Gasteiger partial charge is 0.491 e. The van der Waals surface area contributed by atoms with Crippen LogP contribution in [0.2, 0.25) is 0 Å². The predicted molar refractivity (Wildman–Crippen MR) is 155 cm³/mol. The highest BCUT2D eigenvalue weighted by Crippen LogP contribution is 2.38. The fraction of sp³-hybridized carbons (Fsp3) is 0.548. The van der Waals surface area contributed by atoms with Crippen LogP contribution in [0.4, 0.5) is 0 Å². The minimum atomic E-state index is -3.78. The molecule has 4 rings (SSSR count). The van der Waals surface area contributed by atoms with Gasteiger partial charge in [-0.2, -0.15) is 0 Å². The number of likely N-dealkylation sites (tertiary alicyclic amines) is 1. The molecule has 0 saturated carbocycles. The zero-order chi connectivity index (χ0) is 28.8. The Morgan fingerprint density at radius 3 is 2.48 bits per heavy atom. The number of benzene rings is 2. The van der Waals surface area contributed by atoms with E-state index < -0.39 is 15.4 Å². The van der Waals surface area contributed by atoms with Crippen molar-refractivity contribution in [1.82, 2.24) is 14.9 Å². The Morgan fingerprint density at radius 2 is 1.77 bits per heavy atom. The van der Waals surface area contributed by atoms with Crippen molar-refractivity contribution in [3.63, 3.8) is 0 Å². The number of nitrogens with one attached hydrogen (secondary N) is 2. The summed E-state index contributed by atoms with van der Waals surface area (Å²) in [7, 11) is -3.78. The van der Waals surface area contributed by atoms with Gasteiger partial charge in [-0.15, -0.1) is 0 Å². The van der Waals surface area contributed by atoms with Crippen LogP contribution in [0.25, 0.3) is 0 Å². The Hall–Kier alpha value is -2.91. The van der Waals surface area contributed by atoms with Gasteiger partial charge in [0.1, 0.15) is 12.4 Å². The number of nitrogens with zero attached hydrogens (tertiary/aromatic N) is 1. The van der Waals surface area contributed by atoms with Gasteiger partial charge < -0.3 is 15.0 Å². The molecule has 9 heteroatoms. The molecule has 1 atom stereocenters. The molecule has 2 heterocycles. The molecular weight excluding hydrogens is 526 g/mol. The number of carbonyl (C=O) groups is 2. The lowest BCUT2D eigenvalue weighted by Gasteiger charge is -2.42. The van der Waals surface area contributed by atoms with E-state index in [1.807, 2.05) is 25.1 Å². The van der Waals surface area contributed by atoms with E-state index in [1.165, 1.54) is 17.7 Å². The van der Waals surface area contributed by atoms with Gasteiger partial charge in [-0.05, 0) is 75.1 Å². The SMILES string of the molecule is Cc1ccc(S(=O)(=O)NCC(=O)N2CCC3(CCCCc4ccccc4OC[C@H](CC(C)C)NC3=O)CC2)cc1. The van der Waals surface area contributed by atoms with Gasteiger partial charge >= 0.3 is 0 Å². The van der Waals surface area contributed by atoms with Crippen LogP contribution in [-0.4, -0.2) is 57.4 Å². The molecule has 8 nitrogen and oxygen atoms in total. The Balaban J connectivity index is 1.41. The zero-order valence-electron chi connectivity index (χ0n) is 23.9. The van der Waals surface area contributed by atoms with Crippen LogP contribution in [0.3, 0.4) is 0 Å². The molecule has 2 aromatic carbocycles. The van der Waals surface area contributed by atoms with Gasteiger partial charge in [-0.3, -0.25) is 9.59 Å². The van der Waals surface area contributed by atoms with Crippen LogP contribution in [0.1, 0.15) is 63.5 Å². The van der Waals surface area contributed by atoms with Crippen molar-refractivity contribution in [2.45, 2.75) is 76.7 Å². The molecule has 2 aliphatic heterocycles. The van der Waals surface area contributed by atoms with Crippen LogP contribution in [0.15, 0.2) is 53.4 Å². The first-order valence-electron chi connectivity index (χ1n) is 14.4. The Morgan fingerprint density at radius 1 is 1.07 bits per heavy atom. The standard InChI is InChI=1S/C31H43N3O5S/c1-23(2)20-26-22-39-28-10-5-4-8-25(28)9-6-7-15-31(30(36)33-26)16-18-34(19-17-31)29(35)21-32-40(37,38)27-13-11-24(3)12-14-27/h4-5,8,10-14,23,26,32H,6-7,9,15-22H2,1-3H3,(H,33,36)/t26-/m0/s1.